The predicted octanol–water partition coefficient (Wildman–Crippen LogP) is 3.02. The molecule has 0 bridgehead atoms. The normalized spacial score (nSPS) is 26.0. The third-order valence-corrected chi connectivity index (χ3v) is 4.62. The fourth-order valence-corrected chi connectivity index (χ4v) is 3.20. The molecule has 7 heteroatoms. The first-order valence-corrected chi connectivity index (χ1v) is 7.11. The van der Waals surface area contributed by atoms with Crippen LogP contribution in [0.4, 0.5) is 14.6 Å². The van der Waals surface area contributed by atoms with Crippen molar-refractivity contribution in [1.82, 2.24) is 10.1 Å². The van der Waals surface area contributed by atoms with Gasteiger partial charge in [0.25, 0.3) is 5.92 Å². The van der Waals surface area contributed by atoms with Crippen LogP contribution < -0.4 is 4.90 Å². The Morgan fingerprint density at radius 3 is 2.67 bits per heavy atom. The van der Waals surface area contributed by atoms with Gasteiger partial charge in [0.15, 0.2) is 0 Å². The quantitative estimate of drug-likeness (QED) is 0.817. The van der Waals surface area contributed by atoms with Crippen molar-refractivity contribution >= 4 is 17.4 Å². The van der Waals surface area contributed by atoms with Crippen molar-refractivity contribution in [3.63, 3.8) is 0 Å². The Bertz CT molecular complexity index is 663. The standard InChI is InChI=1S/C14H12ClF2N3O/c15-13-8(5-9-3-4-21-19-9)1-2-12(18-13)20-6-10-11(7-20)14(10,16)17/h1-4,10-11H,5-7H2. The van der Waals surface area contributed by atoms with Gasteiger partial charge in [0.1, 0.15) is 17.2 Å². The number of pyridine rings is 1. The van der Waals surface area contributed by atoms with Crippen molar-refractivity contribution in [1.29, 1.82) is 0 Å². The monoisotopic (exact) mass is 311 g/mol. The minimum atomic E-state index is -2.48. The summed E-state index contributed by atoms with van der Waals surface area (Å²) in [6.07, 6.45) is 2.04. The van der Waals surface area contributed by atoms with E-state index in [-0.39, 0.29) is 0 Å². The summed E-state index contributed by atoms with van der Waals surface area (Å²) in [6, 6.07) is 5.45. The molecule has 2 atom stereocenters. The van der Waals surface area contributed by atoms with Crippen LogP contribution in [0.2, 0.25) is 5.15 Å². The van der Waals surface area contributed by atoms with E-state index in [0.29, 0.717) is 30.5 Å². The van der Waals surface area contributed by atoms with Gasteiger partial charge in [-0.3, -0.25) is 0 Å². The number of alkyl halides is 2. The molecule has 0 N–H and O–H groups in total. The number of fused-ring (bicyclic) bond motifs is 1. The van der Waals surface area contributed by atoms with Crippen molar-refractivity contribution in [3.8, 4) is 0 Å². The van der Waals surface area contributed by atoms with E-state index in [1.54, 1.807) is 6.07 Å². The average molecular weight is 312 g/mol. The zero-order valence-electron chi connectivity index (χ0n) is 11.0. The molecule has 0 radical (unpaired) electrons. The highest BCUT2D eigenvalue weighted by Gasteiger charge is 2.71. The number of rotatable bonds is 3. The summed E-state index contributed by atoms with van der Waals surface area (Å²) in [5.74, 6) is -2.86. The van der Waals surface area contributed by atoms with Gasteiger partial charge in [-0.05, 0) is 11.6 Å². The molecular formula is C14H12ClF2N3O. The Labute approximate surface area is 124 Å². The largest absolute Gasteiger partial charge is 0.365 e. The van der Waals surface area contributed by atoms with Crippen molar-refractivity contribution in [2.75, 3.05) is 18.0 Å². The molecule has 1 saturated carbocycles. The van der Waals surface area contributed by atoms with Crippen LogP contribution in [0.25, 0.3) is 0 Å². The molecular weight excluding hydrogens is 300 g/mol. The second-order valence-electron chi connectivity index (χ2n) is 5.58. The number of anilines is 1. The van der Waals surface area contributed by atoms with Crippen LogP contribution in [0.5, 0.6) is 0 Å². The summed E-state index contributed by atoms with van der Waals surface area (Å²) in [5, 5.41) is 4.21. The van der Waals surface area contributed by atoms with E-state index in [0.717, 1.165) is 11.3 Å². The molecule has 2 aromatic heterocycles. The maximum absolute atomic E-state index is 13.2. The van der Waals surface area contributed by atoms with Crippen molar-refractivity contribution in [3.05, 3.63) is 40.9 Å². The Hall–Kier alpha value is -1.69. The van der Waals surface area contributed by atoms with Crippen molar-refractivity contribution in [2.45, 2.75) is 12.3 Å². The van der Waals surface area contributed by atoms with Crippen LogP contribution in [0.15, 0.2) is 29.0 Å². The molecule has 3 heterocycles. The van der Waals surface area contributed by atoms with Crippen LogP contribution >= 0.6 is 11.6 Å². The summed E-state index contributed by atoms with van der Waals surface area (Å²) < 4.78 is 31.2. The Morgan fingerprint density at radius 2 is 2.05 bits per heavy atom. The van der Waals surface area contributed by atoms with Crippen LogP contribution in [0.3, 0.4) is 0 Å². The molecule has 2 aliphatic rings. The molecule has 21 heavy (non-hydrogen) atoms. The lowest BCUT2D eigenvalue weighted by Crippen LogP contribution is -2.28. The van der Waals surface area contributed by atoms with Gasteiger partial charge in [-0.2, -0.15) is 0 Å². The Morgan fingerprint density at radius 1 is 1.29 bits per heavy atom. The molecule has 2 aromatic rings. The van der Waals surface area contributed by atoms with Gasteiger partial charge in [0.05, 0.1) is 17.5 Å². The van der Waals surface area contributed by atoms with Gasteiger partial charge in [0, 0.05) is 25.6 Å². The molecule has 4 nitrogen and oxygen atoms in total. The van der Waals surface area contributed by atoms with Gasteiger partial charge in [-0.15, -0.1) is 0 Å². The summed E-state index contributed by atoms with van der Waals surface area (Å²) in [5.41, 5.74) is 1.61. The zero-order valence-corrected chi connectivity index (χ0v) is 11.7. The second kappa shape index (κ2) is 4.40. The molecule has 0 spiro atoms. The minimum Gasteiger partial charge on any atom is -0.365 e. The number of nitrogens with zero attached hydrogens (tertiary/aromatic N) is 3. The molecule has 2 unspecified atom stereocenters. The highest BCUT2D eigenvalue weighted by molar-refractivity contribution is 6.30. The summed E-state index contributed by atoms with van der Waals surface area (Å²) in [4.78, 5) is 6.20. The first-order chi connectivity index (χ1) is 10.1. The Balaban J connectivity index is 1.50. The van der Waals surface area contributed by atoms with Gasteiger partial charge in [-0.1, -0.05) is 22.8 Å². The number of hydrogen-bond acceptors (Lipinski definition) is 4. The SMILES string of the molecule is FC1(F)C2CN(c3ccc(Cc4ccon4)c(Cl)n3)CC21. The van der Waals surface area contributed by atoms with E-state index in [1.165, 1.54) is 6.26 Å². The average Bonchev–Trinajstić information content (AvgIpc) is 2.94. The first kappa shape index (κ1) is 13.0. The van der Waals surface area contributed by atoms with Gasteiger partial charge in [0.2, 0.25) is 0 Å². The second-order valence-corrected chi connectivity index (χ2v) is 5.94. The first-order valence-electron chi connectivity index (χ1n) is 6.73. The van der Waals surface area contributed by atoms with Crippen LogP contribution in [0, 0.1) is 11.8 Å². The molecule has 110 valence electrons. The Kier molecular flexibility index (Phi) is 2.73. The van der Waals surface area contributed by atoms with E-state index >= 15 is 0 Å². The number of aromatic nitrogens is 2. The molecule has 4 rings (SSSR count). The molecule has 0 amide bonds. The van der Waals surface area contributed by atoms with Gasteiger partial charge < -0.3 is 9.42 Å². The van der Waals surface area contributed by atoms with E-state index < -0.39 is 17.8 Å². The molecule has 1 saturated heterocycles. The molecule has 1 aliphatic heterocycles. The highest BCUT2D eigenvalue weighted by Crippen LogP contribution is 2.59. The smallest absolute Gasteiger partial charge is 0.258 e. The number of hydrogen-bond donors (Lipinski definition) is 0. The minimum absolute atomic E-state index is 0.351. The molecule has 1 aliphatic carbocycles. The van der Waals surface area contributed by atoms with E-state index in [1.807, 2.05) is 17.0 Å². The van der Waals surface area contributed by atoms with Crippen LogP contribution in [-0.2, 0) is 6.42 Å². The van der Waals surface area contributed by atoms with Crippen LogP contribution in [0.1, 0.15) is 11.3 Å². The topological polar surface area (TPSA) is 42.2 Å². The number of halogens is 3. The maximum atomic E-state index is 13.2. The lowest BCUT2D eigenvalue weighted by atomic mass is 10.1. The fraction of sp³-hybridized carbons (Fsp3) is 0.429. The van der Waals surface area contributed by atoms with Crippen molar-refractivity contribution in [2.24, 2.45) is 11.8 Å². The fourth-order valence-electron chi connectivity index (χ4n) is 2.98. The third kappa shape index (κ3) is 2.09. The van der Waals surface area contributed by atoms with Gasteiger partial charge in [-0.25, -0.2) is 13.8 Å². The lowest BCUT2D eigenvalue weighted by Gasteiger charge is -2.21. The molecule has 2 fully saturated rings. The maximum Gasteiger partial charge on any atom is 0.258 e. The number of piperidine rings is 1. The predicted molar refractivity (Wildman–Crippen MR) is 72.7 cm³/mol. The molecule has 0 aromatic carbocycles. The van der Waals surface area contributed by atoms with E-state index in [9.17, 15) is 8.78 Å². The van der Waals surface area contributed by atoms with Crippen LogP contribution in [-0.4, -0.2) is 29.2 Å². The third-order valence-electron chi connectivity index (χ3n) is 4.30. The van der Waals surface area contributed by atoms with Crippen molar-refractivity contribution < 1.29 is 13.3 Å². The zero-order chi connectivity index (χ0) is 14.6. The summed E-state index contributed by atoms with van der Waals surface area (Å²) in [6.45, 7) is 0.702. The summed E-state index contributed by atoms with van der Waals surface area (Å²) in [7, 11) is 0. The summed E-state index contributed by atoms with van der Waals surface area (Å²) >= 11 is 6.18. The highest BCUT2D eigenvalue weighted by atomic mass is 35.5. The van der Waals surface area contributed by atoms with E-state index in [4.69, 9.17) is 16.1 Å². The van der Waals surface area contributed by atoms with Gasteiger partial charge >= 0.3 is 0 Å². The van der Waals surface area contributed by atoms with E-state index in [2.05, 4.69) is 10.1 Å². The lowest BCUT2D eigenvalue weighted by molar-refractivity contribution is 0.0797.